The number of benzene rings is 1. The molecule has 0 spiro atoms. The maximum Gasteiger partial charge on any atom is 0.354 e. The van der Waals surface area contributed by atoms with Crippen LogP contribution in [0, 0.1) is 6.92 Å². The Labute approximate surface area is 145 Å². The largest absolute Gasteiger partial charge is 0.477 e. The fourth-order valence-electron chi connectivity index (χ4n) is 2.94. The highest BCUT2D eigenvalue weighted by Gasteiger charge is 2.29. The standard InChI is InChI=1S/C19H20N2O4/c1-12-7-9-13(10-8-12)17-14(6-3-11-25-17)21-18(22)15-4-2-5-16(20-15)19(23)24/h2,4-5,7-10,14,17H,3,6,11H2,1H3,(H,21,22)(H,23,24). The number of pyridine rings is 1. The Morgan fingerprint density at radius 1 is 1.16 bits per heavy atom. The van der Waals surface area contributed by atoms with E-state index in [9.17, 15) is 9.59 Å². The summed E-state index contributed by atoms with van der Waals surface area (Å²) in [4.78, 5) is 27.4. The first-order chi connectivity index (χ1) is 12.0. The molecule has 2 unspecified atom stereocenters. The molecule has 2 aromatic rings. The lowest BCUT2D eigenvalue weighted by molar-refractivity contribution is -0.00952. The maximum atomic E-state index is 12.5. The molecule has 0 bridgehead atoms. The number of nitrogens with zero attached hydrogens (tertiary/aromatic N) is 1. The number of carboxylic acids is 1. The van der Waals surface area contributed by atoms with Crippen molar-refractivity contribution in [3.8, 4) is 0 Å². The molecule has 1 aliphatic rings. The smallest absolute Gasteiger partial charge is 0.354 e. The topological polar surface area (TPSA) is 88.5 Å². The third-order valence-corrected chi connectivity index (χ3v) is 4.25. The number of rotatable bonds is 4. The van der Waals surface area contributed by atoms with Crippen molar-refractivity contribution < 1.29 is 19.4 Å². The molecule has 130 valence electrons. The summed E-state index contributed by atoms with van der Waals surface area (Å²) in [5, 5.41) is 12.0. The van der Waals surface area contributed by atoms with Crippen LogP contribution in [0.25, 0.3) is 0 Å². The zero-order chi connectivity index (χ0) is 17.8. The molecule has 1 aliphatic heterocycles. The van der Waals surface area contributed by atoms with E-state index in [1.165, 1.54) is 18.2 Å². The van der Waals surface area contributed by atoms with Gasteiger partial charge in [0.2, 0.25) is 0 Å². The number of hydrogen-bond acceptors (Lipinski definition) is 4. The highest BCUT2D eigenvalue weighted by Crippen LogP contribution is 2.28. The normalized spacial score (nSPS) is 20.0. The number of aromatic nitrogens is 1. The average Bonchev–Trinajstić information content (AvgIpc) is 2.63. The van der Waals surface area contributed by atoms with Gasteiger partial charge in [0.25, 0.3) is 5.91 Å². The minimum Gasteiger partial charge on any atom is -0.477 e. The Morgan fingerprint density at radius 2 is 1.88 bits per heavy atom. The zero-order valence-electron chi connectivity index (χ0n) is 13.9. The summed E-state index contributed by atoms with van der Waals surface area (Å²) < 4.78 is 5.89. The molecule has 2 N–H and O–H groups in total. The number of aryl methyl sites for hydroxylation is 1. The van der Waals surface area contributed by atoms with Crippen molar-refractivity contribution >= 4 is 11.9 Å². The second-order valence-corrected chi connectivity index (χ2v) is 6.14. The Morgan fingerprint density at radius 3 is 2.60 bits per heavy atom. The second kappa shape index (κ2) is 7.44. The maximum absolute atomic E-state index is 12.5. The number of carbonyl (C=O) groups is 2. The fraction of sp³-hybridized carbons (Fsp3) is 0.316. The van der Waals surface area contributed by atoms with Crippen LogP contribution in [0.5, 0.6) is 0 Å². The van der Waals surface area contributed by atoms with Crippen molar-refractivity contribution in [2.45, 2.75) is 31.9 Å². The molecule has 3 rings (SSSR count). The molecule has 0 radical (unpaired) electrons. The van der Waals surface area contributed by atoms with Crippen molar-refractivity contribution in [3.05, 3.63) is 65.0 Å². The molecule has 0 saturated carbocycles. The fourth-order valence-corrected chi connectivity index (χ4v) is 2.94. The van der Waals surface area contributed by atoms with Crippen LogP contribution in [-0.4, -0.2) is 34.6 Å². The van der Waals surface area contributed by atoms with Gasteiger partial charge in [-0.25, -0.2) is 9.78 Å². The number of carboxylic acid groups (broad SMARTS) is 1. The van der Waals surface area contributed by atoms with Gasteiger partial charge in [0, 0.05) is 6.61 Å². The lowest BCUT2D eigenvalue weighted by Gasteiger charge is -2.32. The summed E-state index contributed by atoms with van der Waals surface area (Å²) in [5.74, 6) is -1.55. The van der Waals surface area contributed by atoms with Crippen molar-refractivity contribution in [1.82, 2.24) is 10.3 Å². The van der Waals surface area contributed by atoms with E-state index in [1.54, 1.807) is 0 Å². The zero-order valence-corrected chi connectivity index (χ0v) is 13.9. The molecule has 1 fully saturated rings. The van der Waals surface area contributed by atoms with E-state index in [0.29, 0.717) is 6.61 Å². The van der Waals surface area contributed by atoms with Gasteiger partial charge >= 0.3 is 5.97 Å². The minimum absolute atomic E-state index is 0.0909. The van der Waals surface area contributed by atoms with Crippen molar-refractivity contribution in [2.75, 3.05) is 6.61 Å². The van der Waals surface area contributed by atoms with Gasteiger partial charge in [-0.1, -0.05) is 35.9 Å². The third kappa shape index (κ3) is 4.03. The first-order valence-electron chi connectivity index (χ1n) is 8.24. The lowest BCUT2D eigenvalue weighted by Crippen LogP contribution is -2.43. The average molecular weight is 340 g/mol. The van der Waals surface area contributed by atoms with Gasteiger partial charge in [-0.3, -0.25) is 4.79 Å². The van der Waals surface area contributed by atoms with Crippen LogP contribution in [0.4, 0.5) is 0 Å². The van der Waals surface area contributed by atoms with Crippen LogP contribution in [-0.2, 0) is 4.74 Å². The molecule has 2 atom stereocenters. The predicted octanol–water partition coefficient (Wildman–Crippen LogP) is 2.74. The molecular weight excluding hydrogens is 320 g/mol. The van der Waals surface area contributed by atoms with Crippen LogP contribution in [0.15, 0.2) is 42.5 Å². The van der Waals surface area contributed by atoms with E-state index < -0.39 is 11.9 Å². The summed E-state index contributed by atoms with van der Waals surface area (Å²) in [7, 11) is 0. The molecule has 2 heterocycles. The number of ether oxygens (including phenoxy) is 1. The molecule has 1 saturated heterocycles. The van der Waals surface area contributed by atoms with Crippen LogP contribution in [0.1, 0.15) is 51.0 Å². The molecule has 25 heavy (non-hydrogen) atoms. The van der Waals surface area contributed by atoms with E-state index in [0.717, 1.165) is 24.0 Å². The second-order valence-electron chi connectivity index (χ2n) is 6.14. The van der Waals surface area contributed by atoms with Crippen LogP contribution in [0.3, 0.4) is 0 Å². The number of hydrogen-bond donors (Lipinski definition) is 2. The Bertz CT molecular complexity index is 773. The van der Waals surface area contributed by atoms with Crippen LogP contribution in [0.2, 0.25) is 0 Å². The SMILES string of the molecule is Cc1ccc(C2OCCCC2NC(=O)c2cccc(C(=O)O)n2)cc1. The van der Waals surface area contributed by atoms with Crippen molar-refractivity contribution in [1.29, 1.82) is 0 Å². The number of carbonyl (C=O) groups excluding carboxylic acids is 1. The van der Waals surface area contributed by atoms with Gasteiger partial charge in [0.15, 0.2) is 0 Å². The lowest BCUT2D eigenvalue weighted by atomic mass is 9.95. The van der Waals surface area contributed by atoms with E-state index in [-0.39, 0.29) is 23.5 Å². The summed E-state index contributed by atoms with van der Waals surface area (Å²) in [6.07, 6.45) is 1.43. The third-order valence-electron chi connectivity index (χ3n) is 4.25. The van der Waals surface area contributed by atoms with E-state index >= 15 is 0 Å². The molecule has 1 aromatic heterocycles. The predicted molar refractivity (Wildman–Crippen MR) is 91.6 cm³/mol. The number of nitrogens with one attached hydrogen (secondary N) is 1. The molecular formula is C19H20N2O4. The first-order valence-corrected chi connectivity index (χ1v) is 8.24. The summed E-state index contributed by atoms with van der Waals surface area (Å²) >= 11 is 0. The molecule has 0 aliphatic carbocycles. The van der Waals surface area contributed by atoms with Crippen molar-refractivity contribution in [3.63, 3.8) is 0 Å². The monoisotopic (exact) mass is 340 g/mol. The molecule has 6 heteroatoms. The quantitative estimate of drug-likeness (QED) is 0.893. The highest BCUT2D eigenvalue weighted by molar-refractivity contribution is 5.94. The van der Waals surface area contributed by atoms with Gasteiger partial charge in [0.1, 0.15) is 17.5 Å². The first kappa shape index (κ1) is 17.1. The molecule has 1 amide bonds. The van der Waals surface area contributed by atoms with E-state index in [4.69, 9.17) is 9.84 Å². The van der Waals surface area contributed by atoms with Gasteiger partial charge < -0.3 is 15.2 Å². The van der Waals surface area contributed by atoms with E-state index in [2.05, 4.69) is 10.3 Å². The number of amides is 1. The Kier molecular flexibility index (Phi) is 5.09. The van der Waals surface area contributed by atoms with Crippen LogP contribution < -0.4 is 5.32 Å². The van der Waals surface area contributed by atoms with Gasteiger partial charge in [-0.2, -0.15) is 0 Å². The van der Waals surface area contributed by atoms with Crippen molar-refractivity contribution in [2.24, 2.45) is 0 Å². The summed E-state index contributed by atoms with van der Waals surface area (Å²) in [5.41, 5.74) is 2.12. The van der Waals surface area contributed by atoms with Gasteiger partial charge in [-0.15, -0.1) is 0 Å². The Balaban J connectivity index is 1.77. The van der Waals surface area contributed by atoms with Gasteiger partial charge in [0.05, 0.1) is 6.04 Å². The minimum atomic E-state index is -1.16. The molecule has 1 aromatic carbocycles. The Hall–Kier alpha value is -2.73. The van der Waals surface area contributed by atoms with Gasteiger partial charge in [-0.05, 0) is 37.5 Å². The molecule has 6 nitrogen and oxygen atoms in total. The van der Waals surface area contributed by atoms with E-state index in [1.807, 2.05) is 31.2 Å². The number of aromatic carboxylic acids is 1. The van der Waals surface area contributed by atoms with Crippen LogP contribution >= 0.6 is 0 Å². The summed E-state index contributed by atoms with van der Waals surface area (Å²) in [6, 6.07) is 12.2. The summed E-state index contributed by atoms with van der Waals surface area (Å²) in [6.45, 7) is 2.67. The highest BCUT2D eigenvalue weighted by atomic mass is 16.5.